The van der Waals surface area contributed by atoms with Crippen molar-refractivity contribution in [1.29, 1.82) is 0 Å². The number of anilines is 1. The van der Waals surface area contributed by atoms with E-state index in [-0.39, 0.29) is 11.9 Å². The Bertz CT molecular complexity index is 969. The molecule has 0 aliphatic carbocycles. The SMILES string of the molecule is Cc1nc(C)c(-c2ccnc(N3CCC(NC(=O)CCCn4cccn4)C3)n2)s1. The van der Waals surface area contributed by atoms with Crippen molar-refractivity contribution in [1.82, 2.24) is 30.0 Å². The molecule has 0 saturated carbocycles. The monoisotopic (exact) mass is 411 g/mol. The highest BCUT2D eigenvalue weighted by atomic mass is 32.1. The zero-order valence-electron chi connectivity index (χ0n) is 16.7. The highest BCUT2D eigenvalue weighted by molar-refractivity contribution is 7.15. The Kier molecular flexibility index (Phi) is 5.84. The topological polar surface area (TPSA) is 88.8 Å². The van der Waals surface area contributed by atoms with Gasteiger partial charge in [0.15, 0.2) is 0 Å². The fraction of sp³-hybridized carbons (Fsp3) is 0.450. The van der Waals surface area contributed by atoms with Crippen molar-refractivity contribution < 1.29 is 4.79 Å². The summed E-state index contributed by atoms with van der Waals surface area (Å²) in [6, 6.07) is 3.95. The predicted molar refractivity (Wildman–Crippen MR) is 113 cm³/mol. The second-order valence-corrected chi connectivity index (χ2v) is 8.46. The molecule has 0 bridgehead atoms. The Labute approximate surface area is 174 Å². The second-order valence-electron chi connectivity index (χ2n) is 7.26. The third kappa shape index (κ3) is 4.79. The first kappa shape index (κ1) is 19.5. The van der Waals surface area contributed by atoms with Gasteiger partial charge in [-0.05, 0) is 38.8 Å². The Hall–Kier alpha value is -2.81. The van der Waals surface area contributed by atoms with Crippen molar-refractivity contribution in [2.45, 2.75) is 45.7 Å². The molecule has 4 rings (SSSR count). The molecule has 3 aromatic heterocycles. The van der Waals surface area contributed by atoms with E-state index in [1.807, 2.05) is 36.9 Å². The van der Waals surface area contributed by atoms with Crippen LogP contribution in [0.4, 0.5) is 5.95 Å². The minimum Gasteiger partial charge on any atom is -0.352 e. The van der Waals surface area contributed by atoms with Crippen molar-refractivity contribution >= 4 is 23.2 Å². The van der Waals surface area contributed by atoms with Crippen LogP contribution in [0.2, 0.25) is 0 Å². The number of carbonyl (C=O) groups excluding carboxylic acids is 1. The molecule has 1 saturated heterocycles. The fourth-order valence-corrected chi connectivity index (χ4v) is 4.48. The van der Waals surface area contributed by atoms with Crippen LogP contribution in [-0.2, 0) is 11.3 Å². The van der Waals surface area contributed by atoms with E-state index in [0.717, 1.165) is 53.7 Å². The van der Waals surface area contributed by atoms with E-state index < -0.39 is 0 Å². The van der Waals surface area contributed by atoms with E-state index in [0.29, 0.717) is 12.4 Å². The molecule has 0 spiro atoms. The Morgan fingerprint density at radius 1 is 1.31 bits per heavy atom. The van der Waals surface area contributed by atoms with Crippen molar-refractivity contribution in [3.8, 4) is 10.6 Å². The molecule has 0 aromatic carbocycles. The summed E-state index contributed by atoms with van der Waals surface area (Å²) >= 11 is 1.65. The first-order valence-corrected chi connectivity index (χ1v) is 10.7. The minimum atomic E-state index is 0.0921. The molecule has 9 heteroatoms. The molecular formula is C20H25N7OS. The standard InChI is InChI=1S/C20H25N7OS/c1-14-19(29-15(2)23-14)17-6-9-21-20(25-17)26-12-7-16(13-26)24-18(28)5-3-10-27-11-4-8-22-27/h4,6,8-9,11,16H,3,5,7,10,12-13H2,1-2H3,(H,24,28). The predicted octanol–water partition coefficient (Wildman–Crippen LogP) is 2.59. The van der Waals surface area contributed by atoms with Gasteiger partial charge in [0.25, 0.3) is 0 Å². The first-order valence-electron chi connectivity index (χ1n) is 9.87. The number of nitrogens with one attached hydrogen (secondary N) is 1. The number of aryl methyl sites for hydroxylation is 3. The Balaban J connectivity index is 1.31. The van der Waals surface area contributed by atoms with Crippen LogP contribution in [0.5, 0.6) is 0 Å². The third-order valence-corrected chi connectivity index (χ3v) is 6.06. The van der Waals surface area contributed by atoms with Gasteiger partial charge in [0.05, 0.1) is 21.3 Å². The zero-order chi connectivity index (χ0) is 20.2. The van der Waals surface area contributed by atoms with Gasteiger partial charge in [-0.25, -0.2) is 15.0 Å². The van der Waals surface area contributed by atoms with Crippen LogP contribution in [0.1, 0.15) is 30.0 Å². The van der Waals surface area contributed by atoms with Crippen molar-refractivity contribution in [2.75, 3.05) is 18.0 Å². The lowest BCUT2D eigenvalue weighted by atomic mass is 10.2. The first-order chi connectivity index (χ1) is 14.1. The largest absolute Gasteiger partial charge is 0.352 e. The summed E-state index contributed by atoms with van der Waals surface area (Å²) in [6.07, 6.45) is 7.65. The van der Waals surface area contributed by atoms with E-state index in [9.17, 15) is 4.79 Å². The summed E-state index contributed by atoms with van der Waals surface area (Å²) in [6.45, 7) is 6.34. The van der Waals surface area contributed by atoms with Crippen molar-refractivity contribution in [3.63, 3.8) is 0 Å². The lowest BCUT2D eigenvalue weighted by molar-refractivity contribution is -0.121. The summed E-state index contributed by atoms with van der Waals surface area (Å²) in [5, 5.41) is 8.34. The third-order valence-electron chi connectivity index (χ3n) is 4.97. The molecule has 1 amide bonds. The molecule has 3 aromatic rings. The number of rotatable bonds is 7. The number of hydrogen-bond acceptors (Lipinski definition) is 7. The summed E-state index contributed by atoms with van der Waals surface area (Å²) in [5.74, 6) is 0.804. The Morgan fingerprint density at radius 3 is 2.97 bits per heavy atom. The van der Waals surface area contributed by atoms with Crippen molar-refractivity contribution in [3.05, 3.63) is 41.4 Å². The number of hydrogen-bond donors (Lipinski definition) is 1. The molecular weight excluding hydrogens is 386 g/mol. The number of aromatic nitrogens is 5. The quantitative estimate of drug-likeness (QED) is 0.643. The van der Waals surface area contributed by atoms with E-state index >= 15 is 0 Å². The maximum atomic E-state index is 12.3. The normalized spacial score (nSPS) is 16.3. The van der Waals surface area contributed by atoms with Gasteiger partial charge in [0.2, 0.25) is 11.9 Å². The molecule has 1 aliphatic heterocycles. The van der Waals surface area contributed by atoms with Crippen LogP contribution in [0.3, 0.4) is 0 Å². The van der Waals surface area contributed by atoms with E-state index in [2.05, 4.69) is 25.3 Å². The van der Waals surface area contributed by atoms with Gasteiger partial charge in [0.1, 0.15) is 0 Å². The molecule has 152 valence electrons. The minimum absolute atomic E-state index is 0.0921. The molecule has 4 heterocycles. The molecule has 8 nitrogen and oxygen atoms in total. The van der Waals surface area contributed by atoms with Crippen LogP contribution in [0.15, 0.2) is 30.7 Å². The van der Waals surface area contributed by atoms with Crippen molar-refractivity contribution in [2.24, 2.45) is 0 Å². The molecule has 29 heavy (non-hydrogen) atoms. The summed E-state index contributed by atoms with van der Waals surface area (Å²) < 4.78 is 1.85. The van der Waals surface area contributed by atoms with Gasteiger partial charge in [-0.15, -0.1) is 11.3 Å². The highest BCUT2D eigenvalue weighted by Gasteiger charge is 2.26. The number of carbonyl (C=O) groups is 1. The van der Waals surface area contributed by atoms with Gasteiger partial charge in [-0.1, -0.05) is 0 Å². The average Bonchev–Trinajstić information content (AvgIpc) is 3.44. The second kappa shape index (κ2) is 8.69. The van der Waals surface area contributed by atoms with Gasteiger partial charge < -0.3 is 10.2 Å². The lowest BCUT2D eigenvalue weighted by Crippen LogP contribution is -2.37. The molecule has 1 aliphatic rings. The number of amides is 1. The maximum Gasteiger partial charge on any atom is 0.225 e. The number of nitrogens with zero attached hydrogens (tertiary/aromatic N) is 6. The summed E-state index contributed by atoms with van der Waals surface area (Å²) in [7, 11) is 0. The molecule has 0 radical (unpaired) electrons. The lowest BCUT2D eigenvalue weighted by Gasteiger charge is -2.17. The maximum absolute atomic E-state index is 12.3. The van der Waals surface area contributed by atoms with Crippen LogP contribution in [0.25, 0.3) is 10.6 Å². The molecule has 1 N–H and O–H groups in total. The molecule has 1 unspecified atom stereocenters. The van der Waals surface area contributed by atoms with E-state index in [4.69, 9.17) is 4.98 Å². The van der Waals surface area contributed by atoms with Crippen LogP contribution >= 0.6 is 11.3 Å². The van der Waals surface area contributed by atoms with E-state index in [1.54, 1.807) is 23.7 Å². The van der Waals surface area contributed by atoms with E-state index in [1.165, 1.54) is 0 Å². The molecule has 1 fully saturated rings. The average molecular weight is 412 g/mol. The molecule has 1 atom stereocenters. The summed E-state index contributed by atoms with van der Waals surface area (Å²) in [5.41, 5.74) is 1.91. The van der Waals surface area contributed by atoms with Crippen LogP contribution in [0, 0.1) is 13.8 Å². The van der Waals surface area contributed by atoms with Crippen LogP contribution in [-0.4, -0.2) is 49.8 Å². The van der Waals surface area contributed by atoms with Gasteiger partial charge in [-0.3, -0.25) is 9.48 Å². The summed E-state index contributed by atoms with van der Waals surface area (Å²) in [4.78, 5) is 29.2. The highest BCUT2D eigenvalue weighted by Crippen LogP contribution is 2.29. The number of thiazole rings is 1. The zero-order valence-corrected chi connectivity index (χ0v) is 17.5. The van der Waals surface area contributed by atoms with Gasteiger partial charge in [0, 0.05) is 50.7 Å². The smallest absolute Gasteiger partial charge is 0.225 e. The fourth-order valence-electron chi connectivity index (χ4n) is 3.59. The van der Waals surface area contributed by atoms with Gasteiger partial charge in [-0.2, -0.15) is 5.10 Å². The Morgan fingerprint density at radius 2 is 2.21 bits per heavy atom. The van der Waals surface area contributed by atoms with Gasteiger partial charge >= 0.3 is 0 Å². The van der Waals surface area contributed by atoms with Crippen LogP contribution < -0.4 is 10.2 Å².